The molecule has 16 heavy (non-hydrogen) atoms. The first-order valence-corrected chi connectivity index (χ1v) is 6.64. The zero-order valence-electron chi connectivity index (χ0n) is 10.4. The summed E-state index contributed by atoms with van der Waals surface area (Å²) < 4.78 is 5.82. The Morgan fingerprint density at radius 3 is 2.94 bits per heavy atom. The highest BCUT2D eigenvalue weighted by atomic mass is 16.5. The number of hydrogen-bond acceptors (Lipinski definition) is 3. The zero-order valence-corrected chi connectivity index (χ0v) is 10.4. The molecular weight excluding hydrogens is 202 g/mol. The second-order valence-electron chi connectivity index (χ2n) is 4.99. The molecule has 2 aliphatic rings. The number of fused-ring (bicyclic) bond motifs is 1. The average Bonchev–Trinajstić information content (AvgIpc) is 2.36. The van der Waals surface area contributed by atoms with E-state index in [1.807, 2.05) is 6.92 Å². The van der Waals surface area contributed by atoms with Crippen LogP contribution in [0.2, 0.25) is 0 Å². The Kier molecular flexibility index (Phi) is 3.98. The molecule has 0 bridgehead atoms. The molecule has 1 aliphatic carbocycles. The quantitative estimate of drug-likeness (QED) is 0.735. The Bertz CT molecular complexity index is 252. The molecule has 0 radical (unpaired) electrons. The van der Waals surface area contributed by atoms with Crippen LogP contribution in [0.4, 0.5) is 0 Å². The molecule has 3 nitrogen and oxygen atoms in total. The Balaban J connectivity index is 2.04. The molecule has 2 rings (SSSR count). The van der Waals surface area contributed by atoms with E-state index in [9.17, 15) is 4.79 Å². The topological polar surface area (TPSA) is 29.5 Å². The van der Waals surface area contributed by atoms with Crippen LogP contribution in [0.1, 0.15) is 46.0 Å². The summed E-state index contributed by atoms with van der Waals surface area (Å²) in [5, 5.41) is 0. The lowest BCUT2D eigenvalue weighted by atomic mass is 9.89. The molecule has 1 saturated carbocycles. The molecule has 0 aromatic heterocycles. The maximum atomic E-state index is 11.8. The van der Waals surface area contributed by atoms with E-state index in [4.69, 9.17) is 4.74 Å². The second-order valence-corrected chi connectivity index (χ2v) is 4.99. The Labute approximate surface area is 98.1 Å². The molecule has 3 heteroatoms. The fourth-order valence-electron chi connectivity index (χ4n) is 3.09. The average molecular weight is 225 g/mol. The van der Waals surface area contributed by atoms with Crippen LogP contribution in [0, 0.1) is 0 Å². The number of ketones is 1. The van der Waals surface area contributed by atoms with Crippen molar-refractivity contribution >= 4 is 5.78 Å². The van der Waals surface area contributed by atoms with Gasteiger partial charge in [-0.25, -0.2) is 0 Å². The first-order valence-electron chi connectivity index (χ1n) is 6.64. The molecule has 1 heterocycles. The Morgan fingerprint density at radius 2 is 2.19 bits per heavy atom. The van der Waals surface area contributed by atoms with Gasteiger partial charge in [0, 0.05) is 19.0 Å². The van der Waals surface area contributed by atoms with Crippen LogP contribution in [0.15, 0.2) is 0 Å². The lowest BCUT2D eigenvalue weighted by Crippen LogP contribution is -2.57. The van der Waals surface area contributed by atoms with Gasteiger partial charge in [0.05, 0.1) is 18.8 Å². The molecule has 0 amide bonds. The van der Waals surface area contributed by atoms with Crippen LogP contribution in [0.3, 0.4) is 0 Å². The predicted octanol–water partition coefficient (Wildman–Crippen LogP) is 2.00. The third-order valence-corrected chi connectivity index (χ3v) is 4.09. The summed E-state index contributed by atoms with van der Waals surface area (Å²) in [4.78, 5) is 14.2. The van der Waals surface area contributed by atoms with E-state index in [2.05, 4.69) is 11.8 Å². The highest BCUT2D eigenvalue weighted by molar-refractivity contribution is 5.83. The zero-order chi connectivity index (χ0) is 11.5. The summed E-state index contributed by atoms with van der Waals surface area (Å²) in [6, 6.07) is 0.576. The summed E-state index contributed by atoms with van der Waals surface area (Å²) in [5.41, 5.74) is 0. The molecule has 3 unspecified atom stereocenters. The lowest BCUT2D eigenvalue weighted by Gasteiger charge is -2.46. The highest BCUT2D eigenvalue weighted by Crippen LogP contribution is 2.29. The minimum atomic E-state index is 0.0829. The van der Waals surface area contributed by atoms with Crippen LogP contribution in [-0.2, 0) is 9.53 Å². The fraction of sp³-hybridized carbons (Fsp3) is 0.923. The van der Waals surface area contributed by atoms with Gasteiger partial charge in [-0.1, -0.05) is 19.8 Å². The van der Waals surface area contributed by atoms with Gasteiger partial charge in [0.15, 0.2) is 0 Å². The van der Waals surface area contributed by atoms with Crippen LogP contribution in [0.25, 0.3) is 0 Å². The molecule has 0 spiro atoms. The lowest BCUT2D eigenvalue weighted by molar-refractivity contribution is -0.134. The molecule has 2 fully saturated rings. The van der Waals surface area contributed by atoms with E-state index in [-0.39, 0.29) is 6.04 Å². The molecule has 0 aromatic rings. The van der Waals surface area contributed by atoms with E-state index >= 15 is 0 Å². The number of ether oxygens (including phenoxy) is 1. The smallest absolute Gasteiger partial charge is 0.149 e. The molecule has 1 saturated heterocycles. The van der Waals surface area contributed by atoms with Crippen LogP contribution in [0.5, 0.6) is 0 Å². The van der Waals surface area contributed by atoms with Gasteiger partial charge in [0.1, 0.15) is 5.78 Å². The van der Waals surface area contributed by atoms with Gasteiger partial charge in [0.25, 0.3) is 0 Å². The minimum absolute atomic E-state index is 0.0829. The number of carbonyl (C=O) groups is 1. The molecule has 1 aliphatic heterocycles. The van der Waals surface area contributed by atoms with E-state index in [0.29, 0.717) is 24.3 Å². The predicted molar refractivity (Wildman–Crippen MR) is 63.5 cm³/mol. The number of nitrogens with zero attached hydrogens (tertiary/aromatic N) is 1. The molecule has 0 N–H and O–H groups in total. The first-order chi connectivity index (χ1) is 7.74. The van der Waals surface area contributed by atoms with Crippen LogP contribution in [-0.4, -0.2) is 42.0 Å². The number of hydrogen-bond donors (Lipinski definition) is 0. The highest BCUT2D eigenvalue weighted by Gasteiger charge is 2.37. The van der Waals surface area contributed by atoms with Gasteiger partial charge >= 0.3 is 0 Å². The normalized spacial score (nSPS) is 33.1. The Hall–Kier alpha value is -0.410. The van der Waals surface area contributed by atoms with Crippen molar-refractivity contribution in [1.82, 2.24) is 4.90 Å². The third kappa shape index (κ3) is 2.30. The van der Waals surface area contributed by atoms with Crippen LogP contribution >= 0.6 is 0 Å². The summed E-state index contributed by atoms with van der Waals surface area (Å²) >= 11 is 0. The van der Waals surface area contributed by atoms with Crippen molar-refractivity contribution in [3.63, 3.8) is 0 Å². The summed E-state index contributed by atoms with van der Waals surface area (Å²) in [5.74, 6) is 0.367. The SMILES string of the molecule is CCC(=O)C(C)N1CCOC2CCCCC21. The van der Waals surface area contributed by atoms with Crippen molar-refractivity contribution in [3.8, 4) is 0 Å². The second kappa shape index (κ2) is 5.28. The standard InChI is InChI=1S/C13H23NO2/c1-3-12(15)10(2)14-8-9-16-13-7-5-4-6-11(13)14/h10-11,13H,3-9H2,1-2H3. The minimum Gasteiger partial charge on any atom is -0.375 e. The molecule has 92 valence electrons. The van der Waals surface area contributed by atoms with Crippen molar-refractivity contribution in [2.24, 2.45) is 0 Å². The number of rotatable bonds is 3. The van der Waals surface area contributed by atoms with Gasteiger partial charge in [-0.05, 0) is 19.8 Å². The van der Waals surface area contributed by atoms with E-state index in [1.54, 1.807) is 0 Å². The molecule has 0 aromatic carbocycles. The largest absolute Gasteiger partial charge is 0.375 e. The van der Waals surface area contributed by atoms with Crippen LogP contribution < -0.4 is 0 Å². The van der Waals surface area contributed by atoms with Crippen molar-refractivity contribution in [1.29, 1.82) is 0 Å². The summed E-state index contributed by atoms with van der Waals surface area (Å²) in [6.45, 7) is 5.73. The molecular formula is C13H23NO2. The maximum absolute atomic E-state index is 11.8. The summed E-state index contributed by atoms with van der Waals surface area (Å²) in [7, 11) is 0. The van der Waals surface area contributed by atoms with Gasteiger partial charge in [-0.3, -0.25) is 9.69 Å². The number of morpholine rings is 1. The van der Waals surface area contributed by atoms with Crippen molar-refractivity contribution in [3.05, 3.63) is 0 Å². The number of carbonyl (C=O) groups excluding carboxylic acids is 1. The maximum Gasteiger partial charge on any atom is 0.149 e. The van der Waals surface area contributed by atoms with Gasteiger partial charge in [-0.2, -0.15) is 0 Å². The van der Waals surface area contributed by atoms with Crippen molar-refractivity contribution in [2.45, 2.75) is 64.1 Å². The fourth-order valence-corrected chi connectivity index (χ4v) is 3.09. The van der Waals surface area contributed by atoms with Gasteiger partial charge < -0.3 is 4.74 Å². The first kappa shape index (κ1) is 12.1. The monoisotopic (exact) mass is 225 g/mol. The van der Waals surface area contributed by atoms with Gasteiger partial charge in [-0.15, -0.1) is 0 Å². The van der Waals surface area contributed by atoms with E-state index < -0.39 is 0 Å². The van der Waals surface area contributed by atoms with Crippen molar-refractivity contribution in [2.75, 3.05) is 13.2 Å². The molecule has 3 atom stereocenters. The van der Waals surface area contributed by atoms with E-state index in [1.165, 1.54) is 25.7 Å². The summed E-state index contributed by atoms with van der Waals surface area (Å²) in [6.07, 6.45) is 5.98. The van der Waals surface area contributed by atoms with E-state index in [0.717, 1.165) is 13.2 Å². The van der Waals surface area contributed by atoms with Crippen molar-refractivity contribution < 1.29 is 9.53 Å². The number of Topliss-reactive ketones (excluding diaryl/α,β-unsaturated/α-hetero) is 1. The Morgan fingerprint density at radius 1 is 1.44 bits per heavy atom. The van der Waals surface area contributed by atoms with Gasteiger partial charge in [0.2, 0.25) is 0 Å². The third-order valence-electron chi connectivity index (χ3n) is 4.09.